The van der Waals surface area contributed by atoms with Gasteiger partial charge in [0.05, 0.1) is 5.92 Å². The van der Waals surface area contributed by atoms with Crippen LogP contribution in [-0.2, 0) is 16.1 Å². The molecule has 1 aromatic carbocycles. The molecule has 1 fully saturated rings. The fourth-order valence-electron chi connectivity index (χ4n) is 3.33. The first-order valence-corrected chi connectivity index (χ1v) is 10.2. The van der Waals surface area contributed by atoms with Crippen LogP contribution in [0.3, 0.4) is 0 Å². The Balaban J connectivity index is 1.71. The van der Waals surface area contributed by atoms with Crippen LogP contribution in [0.25, 0.3) is 11.4 Å². The third kappa shape index (κ3) is 4.80. The predicted molar refractivity (Wildman–Crippen MR) is 110 cm³/mol. The van der Waals surface area contributed by atoms with Crippen LogP contribution in [-0.4, -0.2) is 51.1 Å². The van der Waals surface area contributed by atoms with Crippen LogP contribution in [0.15, 0.2) is 24.3 Å². The average Bonchev–Trinajstić information content (AvgIpc) is 3.07. The summed E-state index contributed by atoms with van der Waals surface area (Å²) in [6.07, 6.45) is 2.52. The molecule has 28 heavy (non-hydrogen) atoms. The van der Waals surface area contributed by atoms with Gasteiger partial charge in [-0.25, -0.2) is 0 Å². The van der Waals surface area contributed by atoms with Gasteiger partial charge < -0.3 is 10.2 Å². The highest BCUT2D eigenvalue weighted by molar-refractivity contribution is 7.71. The maximum atomic E-state index is 12.9. The molecule has 3 rings (SSSR count). The molecular weight excluding hydrogens is 398 g/mol. The van der Waals surface area contributed by atoms with E-state index in [0.29, 0.717) is 35.3 Å². The quantitative estimate of drug-likeness (QED) is 0.702. The van der Waals surface area contributed by atoms with Gasteiger partial charge in [0.1, 0.15) is 6.54 Å². The number of aromatic nitrogens is 3. The molecule has 0 aliphatic carbocycles. The lowest BCUT2D eigenvalue weighted by Gasteiger charge is -2.32. The number of H-pyrrole nitrogens is 1. The van der Waals surface area contributed by atoms with Crippen molar-refractivity contribution in [2.24, 2.45) is 5.92 Å². The molecule has 150 valence electrons. The Morgan fingerprint density at radius 1 is 1.36 bits per heavy atom. The largest absolute Gasteiger partial charge is 0.356 e. The Morgan fingerprint density at radius 3 is 2.82 bits per heavy atom. The molecule has 2 amide bonds. The molecule has 1 saturated heterocycles. The van der Waals surface area contributed by atoms with E-state index in [1.54, 1.807) is 21.6 Å². The third-order valence-corrected chi connectivity index (χ3v) is 5.41. The molecule has 1 unspecified atom stereocenters. The van der Waals surface area contributed by atoms with Gasteiger partial charge in [0, 0.05) is 30.2 Å². The van der Waals surface area contributed by atoms with E-state index in [4.69, 9.17) is 23.8 Å². The van der Waals surface area contributed by atoms with E-state index in [1.807, 2.05) is 19.1 Å². The molecule has 1 aliphatic heterocycles. The van der Waals surface area contributed by atoms with Crippen molar-refractivity contribution in [2.45, 2.75) is 32.7 Å². The number of halogens is 1. The van der Waals surface area contributed by atoms with E-state index in [-0.39, 0.29) is 24.3 Å². The van der Waals surface area contributed by atoms with Crippen molar-refractivity contribution in [3.05, 3.63) is 34.1 Å². The molecular formula is C19H24ClN5O2S. The van der Waals surface area contributed by atoms with E-state index in [2.05, 4.69) is 15.5 Å². The summed E-state index contributed by atoms with van der Waals surface area (Å²) in [5, 5.41) is 10.6. The molecule has 1 aliphatic rings. The number of nitrogens with one attached hydrogen (secondary N) is 2. The molecule has 1 aromatic heterocycles. The Hall–Kier alpha value is -2.19. The maximum Gasteiger partial charge on any atom is 0.242 e. The van der Waals surface area contributed by atoms with Gasteiger partial charge in [0.2, 0.25) is 11.8 Å². The van der Waals surface area contributed by atoms with Crippen molar-refractivity contribution >= 4 is 35.6 Å². The van der Waals surface area contributed by atoms with E-state index in [9.17, 15) is 9.59 Å². The van der Waals surface area contributed by atoms with Crippen LogP contribution in [0.1, 0.15) is 26.2 Å². The van der Waals surface area contributed by atoms with E-state index in [0.717, 1.165) is 24.8 Å². The minimum absolute atomic E-state index is 0.0288. The second-order valence-electron chi connectivity index (χ2n) is 6.92. The summed E-state index contributed by atoms with van der Waals surface area (Å²) < 4.78 is 2.06. The fourth-order valence-corrected chi connectivity index (χ4v) is 3.65. The SMILES string of the molecule is CCCNC(=O)C1CCCN(C(=O)Cn2c(-c3ccc(Cl)cc3)n[nH]c2=S)C1. The van der Waals surface area contributed by atoms with E-state index >= 15 is 0 Å². The zero-order valence-electron chi connectivity index (χ0n) is 15.8. The number of nitrogens with zero attached hydrogens (tertiary/aromatic N) is 3. The number of benzene rings is 1. The molecule has 1 atom stereocenters. The second-order valence-corrected chi connectivity index (χ2v) is 7.74. The van der Waals surface area contributed by atoms with Crippen LogP contribution in [0.4, 0.5) is 0 Å². The second kappa shape index (κ2) is 9.34. The van der Waals surface area contributed by atoms with Crippen molar-refractivity contribution in [1.29, 1.82) is 0 Å². The lowest BCUT2D eigenvalue weighted by molar-refractivity contribution is -0.136. The first-order valence-electron chi connectivity index (χ1n) is 9.46. The number of hydrogen-bond donors (Lipinski definition) is 2. The summed E-state index contributed by atoms with van der Waals surface area (Å²) in [6.45, 7) is 3.85. The molecule has 7 nitrogen and oxygen atoms in total. The predicted octanol–water partition coefficient (Wildman–Crippen LogP) is 3.03. The highest BCUT2D eigenvalue weighted by Crippen LogP contribution is 2.21. The van der Waals surface area contributed by atoms with Gasteiger partial charge in [-0.05, 0) is 55.7 Å². The Morgan fingerprint density at radius 2 is 2.11 bits per heavy atom. The number of likely N-dealkylation sites (tertiary alicyclic amines) is 1. The first kappa shape index (κ1) is 20.5. The average molecular weight is 422 g/mol. The summed E-state index contributed by atoms with van der Waals surface area (Å²) >= 11 is 11.3. The molecule has 9 heteroatoms. The van der Waals surface area contributed by atoms with Crippen molar-refractivity contribution in [3.8, 4) is 11.4 Å². The van der Waals surface area contributed by atoms with Gasteiger partial charge in [-0.3, -0.25) is 19.3 Å². The van der Waals surface area contributed by atoms with Gasteiger partial charge in [-0.2, -0.15) is 5.10 Å². The van der Waals surface area contributed by atoms with E-state index in [1.165, 1.54) is 0 Å². The highest BCUT2D eigenvalue weighted by Gasteiger charge is 2.28. The maximum absolute atomic E-state index is 12.9. The lowest BCUT2D eigenvalue weighted by Crippen LogP contribution is -2.46. The highest BCUT2D eigenvalue weighted by atomic mass is 35.5. The molecule has 0 spiro atoms. The van der Waals surface area contributed by atoms with Crippen LogP contribution in [0, 0.1) is 10.7 Å². The molecule has 0 radical (unpaired) electrons. The standard InChI is InChI=1S/C19H24ClN5O2S/c1-2-9-21-18(27)14-4-3-10-24(11-14)16(26)12-25-17(22-23-19(25)28)13-5-7-15(20)8-6-13/h5-8,14H,2-4,9-12H2,1H3,(H,21,27)(H,23,28). The van der Waals surface area contributed by atoms with Crippen LogP contribution < -0.4 is 5.32 Å². The zero-order valence-corrected chi connectivity index (χ0v) is 17.4. The Bertz CT molecular complexity index is 892. The number of carbonyl (C=O) groups is 2. The van der Waals surface area contributed by atoms with Crippen molar-refractivity contribution in [2.75, 3.05) is 19.6 Å². The molecule has 2 heterocycles. The first-order chi connectivity index (χ1) is 13.5. The number of carbonyl (C=O) groups excluding carboxylic acids is 2. The fraction of sp³-hybridized carbons (Fsp3) is 0.474. The topological polar surface area (TPSA) is 83.0 Å². The monoisotopic (exact) mass is 421 g/mol. The summed E-state index contributed by atoms with van der Waals surface area (Å²) in [6, 6.07) is 7.21. The Labute approximate surface area is 174 Å². The number of rotatable bonds is 6. The van der Waals surface area contributed by atoms with Gasteiger partial charge >= 0.3 is 0 Å². The smallest absolute Gasteiger partial charge is 0.242 e. The number of hydrogen-bond acceptors (Lipinski definition) is 4. The number of amides is 2. The van der Waals surface area contributed by atoms with Gasteiger partial charge in [0.15, 0.2) is 10.6 Å². The minimum Gasteiger partial charge on any atom is -0.356 e. The molecule has 2 aromatic rings. The van der Waals surface area contributed by atoms with Crippen LogP contribution in [0.2, 0.25) is 5.02 Å². The molecule has 0 bridgehead atoms. The lowest BCUT2D eigenvalue weighted by atomic mass is 9.97. The summed E-state index contributed by atoms with van der Waals surface area (Å²) in [5.74, 6) is 0.392. The van der Waals surface area contributed by atoms with Gasteiger partial charge in [-0.15, -0.1) is 0 Å². The van der Waals surface area contributed by atoms with Crippen LogP contribution in [0.5, 0.6) is 0 Å². The molecule has 2 N–H and O–H groups in total. The van der Waals surface area contributed by atoms with Crippen molar-refractivity contribution in [3.63, 3.8) is 0 Å². The van der Waals surface area contributed by atoms with E-state index < -0.39 is 0 Å². The van der Waals surface area contributed by atoms with Crippen molar-refractivity contribution < 1.29 is 9.59 Å². The van der Waals surface area contributed by atoms with Crippen LogP contribution >= 0.6 is 23.8 Å². The van der Waals surface area contributed by atoms with Gasteiger partial charge in [-0.1, -0.05) is 18.5 Å². The summed E-state index contributed by atoms with van der Waals surface area (Å²) in [7, 11) is 0. The Kier molecular flexibility index (Phi) is 6.85. The molecule has 0 saturated carbocycles. The number of aromatic amines is 1. The summed E-state index contributed by atoms with van der Waals surface area (Å²) in [4.78, 5) is 26.9. The normalized spacial score (nSPS) is 16.8. The van der Waals surface area contributed by atoms with Gasteiger partial charge in [0.25, 0.3) is 0 Å². The summed E-state index contributed by atoms with van der Waals surface area (Å²) in [5.41, 5.74) is 0.819. The third-order valence-electron chi connectivity index (χ3n) is 4.85. The number of piperidine rings is 1. The minimum atomic E-state index is -0.155. The van der Waals surface area contributed by atoms with Crippen molar-refractivity contribution in [1.82, 2.24) is 25.0 Å². The zero-order chi connectivity index (χ0) is 20.1.